The van der Waals surface area contributed by atoms with Crippen LogP contribution in [0.15, 0.2) is 0 Å². The molecule has 0 aromatic carbocycles. The van der Waals surface area contributed by atoms with Crippen LogP contribution in [0.4, 0.5) is 0 Å². The molecule has 11 heteroatoms. The van der Waals surface area contributed by atoms with Crippen molar-refractivity contribution in [2.24, 2.45) is 11.8 Å². The predicted molar refractivity (Wildman–Crippen MR) is 123 cm³/mol. The Labute approximate surface area is 196 Å². The molecule has 2 N–H and O–H groups in total. The predicted octanol–water partition coefficient (Wildman–Crippen LogP) is 0.0866. The smallest absolute Gasteiger partial charge is 0.328 e. The van der Waals surface area contributed by atoms with Crippen molar-refractivity contribution in [3.8, 4) is 0 Å². The molecule has 2 saturated heterocycles. The molecular formula is C22H38N4O6S. The number of hydrogen-bond acceptors (Lipinski definition) is 7. The second kappa shape index (κ2) is 11.6. The van der Waals surface area contributed by atoms with Crippen LogP contribution in [0, 0.1) is 11.8 Å². The first-order valence-corrected chi connectivity index (χ1v) is 13.9. The van der Waals surface area contributed by atoms with E-state index in [9.17, 15) is 22.8 Å². The van der Waals surface area contributed by atoms with Crippen molar-refractivity contribution in [3.05, 3.63) is 0 Å². The third-order valence-electron chi connectivity index (χ3n) is 7.18. The summed E-state index contributed by atoms with van der Waals surface area (Å²) in [6.07, 6.45) is 8.38. The molecule has 2 amide bonds. The van der Waals surface area contributed by atoms with Gasteiger partial charge in [0.25, 0.3) is 0 Å². The van der Waals surface area contributed by atoms with Gasteiger partial charge in [-0.1, -0.05) is 32.1 Å². The van der Waals surface area contributed by atoms with Crippen molar-refractivity contribution in [3.63, 3.8) is 0 Å². The van der Waals surface area contributed by atoms with Crippen molar-refractivity contribution < 1.29 is 27.5 Å². The number of carbonyl (C=O) groups excluding carboxylic acids is 3. The van der Waals surface area contributed by atoms with E-state index in [-0.39, 0.29) is 31.5 Å². The van der Waals surface area contributed by atoms with Crippen molar-refractivity contribution in [1.82, 2.24) is 19.8 Å². The van der Waals surface area contributed by atoms with Gasteiger partial charge < -0.3 is 20.3 Å². The molecule has 0 aromatic rings. The first-order chi connectivity index (χ1) is 15.7. The van der Waals surface area contributed by atoms with Gasteiger partial charge in [0.1, 0.15) is 12.1 Å². The van der Waals surface area contributed by atoms with E-state index in [2.05, 4.69) is 10.6 Å². The van der Waals surface area contributed by atoms with Crippen molar-refractivity contribution in [2.45, 2.75) is 63.5 Å². The number of piperazine rings is 1. The average molecular weight is 487 g/mol. The van der Waals surface area contributed by atoms with Crippen LogP contribution in [-0.2, 0) is 29.1 Å². The van der Waals surface area contributed by atoms with E-state index >= 15 is 0 Å². The largest absolute Gasteiger partial charge is 0.467 e. The summed E-state index contributed by atoms with van der Waals surface area (Å²) >= 11 is 0. The topological polar surface area (TPSA) is 125 Å². The Hall–Kier alpha value is -1.72. The highest BCUT2D eigenvalue weighted by Gasteiger charge is 2.41. The number of amides is 2. The van der Waals surface area contributed by atoms with Crippen LogP contribution in [0.5, 0.6) is 0 Å². The van der Waals surface area contributed by atoms with Crippen LogP contribution in [0.25, 0.3) is 0 Å². The second-order valence-corrected chi connectivity index (χ2v) is 11.5. The van der Waals surface area contributed by atoms with Crippen LogP contribution in [0.3, 0.4) is 0 Å². The maximum Gasteiger partial charge on any atom is 0.328 e. The molecular weight excluding hydrogens is 448 g/mol. The maximum absolute atomic E-state index is 13.4. The fourth-order valence-corrected chi connectivity index (χ4v) is 6.06. The molecule has 2 atom stereocenters. The van der Waals surface area contributed by atoms with E-state index in [4.69, 9.17) is 4.74 Å². The van der Waals surface area contributed by atoms with E-state index in [1.807, 2.05) is 0 Å². The molecule has 1 saturated carbocycles. The normalized spacial score (nSPS) is 24.8. The number of piperidine rings is 1. The van der Waals surface area contributed by atoms with E-state index < -0.39 is 34.0 Å². The average Bonchev–Trinajstić information content (AvgIpc) is 2.82. The lowest BCUT2D eigenvalue weighted by molar-refractivity contribution is -0.150. The lowest BCUT2D eigenvalue weighted by atomic mass is 9.84. The molecule has 2 aliphatic heterocycles. The zero-order chi connectivity index (χ0) is 24.0. The first-order valence-electron chi connectivity index (χ1n) is 12.0. The molecule has 33 heavy (non-hydrogen) atoms. The number of hydrogen-bond donors (Lipinski definition) is 2. The zero-order valence-electron chi connectivity index (χ0n) is 19.8. The minimum absolute atomic E-state index is 0.112. The van der Waals surface area contributed by atoms with E-state index in [0.717, 1.165) is 45.0 Å². The highest BCUT2D eigenvalue weighted by Crippen LogP contribution is 2.28. The Morgan fingerprint density at radius 2 is 1.73 bits per heavy atom. The fraction of sp³-hybridized carbons (Fsp3) is 0.864. The van der Waals surface area contributed by atoms with Crippen molar-refractivity contribution in [2.75, 3.05) is 46.1 Å². The zero-order valence-corrected chi connectivity index (χ0v) is 20.6. The highest BCUT2D eigenvalue weighted by atomic mass is 32.2. The highest BCUT2D eigenvalue weighted by molar-refractivity contribution is 7.88. The number of esters is 1. The van der Waals surface area contributed by atoms with Crippen LogP contribution in [0.2, 0.25) is 0 Å². The maximum atomic E-state index is 13.4. The molecule has 2 unspecified atom stereocenters. The third-order valence-corrected chi connectivity index (χ3v) is 8.45. The van der Waals surface area contributed by atoms with Crippen LogP contribution < -0.4 is 10.6 Å². The van der Waals surface area contributed by atoms with Gasteiger partial charge in [0, 0.05) is 25.6 Å². The molecule has 3 aliphatic rings. The van der Waals surface area contributed by atoms with E-state index in [0.29, 0.717) is 25.2 Å². The Kier molecular flexibility index (Phi) is 9.11. The number of sulfonamides is 1. The molecule has 0 spiro atoms. The number of ether oxygens (including phenoxy) is 1. The first kappa shape index (κ1) is 25.9. The molecule has 2 heterocycles. The fourth-order valence-electron chi connectivity index (χ4n) is 5.23. The summed E-state index contributed by atoms with van der Waals surface area (Å²) in [6, 6.07) is -1.79. The standard InChI is InChI=1S/C22H38N4O6S/c1-32-22(29)18(14-16-6-4-3-5-7-16)24-20(27)19-15-25(33(2,30)31)12-13-26(19)21(28)17-8-10-23-11-9-17/h16-19,23H,3-15H2,1-2H3,(H,24,27). The summed E-state index contributed by atoms with van der Waals surface area (Å²) in [6.45, 7) is 1.67. The lowest BCUT2D eigenvalue weighted by Gasteiger charge is -2.41. The molecule has 10 nitrogen and oxygen atoms in total. The number of nitrogens with one attached hydrogen (secondary N) is 2. The Bertz CT molecular complexity index is 808. The lowest BCUT2D eigenvalue weighted by Crippen LogP contribution is -2.63. The van der Waals surface area contributed by atoms with Crippen LogP contribution >= 0.6 is 0 Å². The summed E-state index contributed by atoms with van der Waals surface area (Å²) in [5, 5.41) is 6.03. The number of methoxy groups -OCH3 is 1. The monoisotopic (exact) mass is 486 g/mol. The number of carbonyl (C=O) groups is 3. The van der Waals surface area contributed by atoms with Gasteiger partial charge in [-0.15, -0.1) is 0 Å². The van der Waals surface area contributed by atoms with Gasteiger partial charge in [0.15, 0.2) is 0 Å². The number of nitrogens with zero attached hydrogens (tertiary/aromatic N) is 2. The SMILES string of the molecule is COC(=O)C(CC1CCCCC1)NC(=O)C1CN(S(C)(=O)=O)CCN1C(=O)C1CCNCC1. The quantitative estimate of drug-likeness (QED) is 0.489. The summed E-state index contributed by atoms with van der Waals surface area (Å²) < 4.78 is 30.5. The van der Waals surface area contributed by atoms with Gasteiger partial charge in [0.2, 0.25) is 21.8 Å². The molecule has 0 bridgehead atoms. The van der Waals surface area contributed by atoms with E-state index in [1.54, 1.807) is 0 Å². The van der Waals surface area contributed by atoms with Gasteiger partial charge in [-0.25, -0.2) is 13.2 Å². The van der Waals surface area contributed by atoms with Gasteiger partial charge >= 0.3 is 5.97 Å². The van der Waals surface area contributed by atoms with Crippen LogP contribution in [0.1, 0.15) is 51.4 Å². The minimum atomic E-state index is -3.52. The Morgan fingerprint density at radius 1 is 1.06 bits per heavy atom. The minimum Gasteiger partial charge on any atom is -0.467 e. The molecule has 0 aromatic heterocycles. The molecule has 3 rings (SSSR count). The third kappa shape index (κ3) is 6.89. The molecule has 3 fully saturated rings. The molecule has 1 aliphatic carbocycles. The Balaban J connectivity index is 1.76. The van der Waals surface area contributed by atoms with Gasteiger partial charge in [-0.2, -0.15) is 4.31 Å². The molecule has 188 valence electrons. The van der Waals surface area contributed by atoms with Crippen molar-refractivity contribution >= 4 is 27.8 Å². The second-order valence-electron chi connectivity index (χ2n) is 9.52. The van der Waals surface area contributed by atoms with Crippen LogP contribution in [-0.4, -0.2) is 93.6 Å². The van der Waals surface area contributed by atoms with Gasteiger partial charge in [-0.05, 0) is 38.3 Å². The van der Waals surface area contributed by atoms with E-state index in [1.165, 1.54) is 22.7 Å². The summed E-state index contributed by atoms with van der Waals surface area (Å²) in [5.74, 6) is -0.996. The summed E-state index contributed by atoms with van der Waals surface area (Å²) in [7, 11) is -2.23. The summed E-state index contributed by atoms with van der Waals surface area (Å²) in [4.78, 5) is 40.6. The summed E-state index contributed by atoms with van der Waals surface area (Å²) in [5.41, 5.74) is 0. The van der Waals surface area contributed by atoms with Gasteiger partial charge in [-0.3, -0.25) is 9.59 Å². The molecule has 0 radical (unpaired) electrons. The number of rotatable bonds is 7. The van der Waals surface area contributed by atoms with Crippen molar-refractivity contribution in [1.29, 1.82) is 0 Å². The Morgan fingerprint density at radius 3 is 2.33 bits per heavy atom. The van der Waals surface area contributed by atoms with Gasteiger partial charge in [0.05, 0.1) is 13.4 Å².